The first kappa shape index (κ1) is 23.2. The second-order valence-corrected chi connectivity index (χ2v) is 9.32. The molecule has 0 atom stereocenters. The Bertz CT molecular complexity index is 1610. The normalized spacial score (nSPS) is 11.9. The minimum absolute atomic E-state index is 0.110. The third-order valence-corrected chi connectivity index (χ3v) is 6.64. The quantitative estimate of drug-likeness (QED) is 0.268. The van der Waals surface area contributed by atoms with Crippen LogP contribution in [0.4, 0.5) is 0 Å². The molecule has 0 aliphatic heterocycles. The van der Waals surface area contributed by atoms with E-state index < -0.39 is 0 Å². The van der Waals surface area contributed by atoms with E-state index in [1.165, 1.54) is 16.9 Å². The van der Waals surface area contributed by atoms with E-state index in [2.05, 4.69) is 4.98 Å². The van der Waals surface area contributed by atoms with E-state index in [0.717, 1.165) is 22.3 Å². The van der Waals surface area contributed by atoms with Gasteiger partial charge in [-0.15, -0.1) is 0 Å². The Morgan fingerprint density at radius 3 is 2.60 bits per heavy atom. The molecule has 35 heavy (non-hydrogen) atoms. The van der Waals surface area contributed by atoms with Crippen molar-refractivity contribution in [2.75, 3.05) is 19.8 Å². The molecule has 3 aromatic carbocycles. The largest absolute Gasteiger partial charge is 0.490 e. The monoisotopic (exact) mass is 506 g/mol. The summed E-state index contributed by atoms with van der Waals surface area (Å²) in [5, 5.41) is 0.400. The summed E-state index contributed by atoms with van der Waals surface area (Å²) in [4.78, 5) is 18.3. The van der Waals surface area contributed by atoms with Gasteiger partial charge >= 0.3 is 0 Å². The Kier molecular flexibility index (Phi) is 6.61. The number of aromatic nitrogens is 2. The van der Waals surface area contributed by atoms with Crippen molar-refractivity contribution >= 4 is 45.0 Å². The van der Waals surface area contributed by atoms with E-state index >= 15 is 0 Å². The molecule has 0 saturated carbocycles. The molecule has 0 radical (unpaired) electrons. The highest BCUT2D eigenvalue weighted by molar-refractivity contribution is 7.15. The summed E-state index contributed by atoms with van der Waals surface area (Å²) in [6, 6.07) is 19.0. The van der Waals surface area contributed by atoms with Crippen molar-refractivity contribution in [2.24, 2.45) is 0 Å². The standard InChI is InChI=1S/C27H23ClN2O4S/c1-3-32-23-15-18(14-20(28)25(23)34-13-12-33-19-10-8-17(2)9-11-19)16-24-26(31)30-22-7-5-4-6-21(22)29-27(30)35-24/h4-11,14-16H,3,12-13H2,1-2H3/b24-16-. The fourth-order valence-corrected chi connectivity index (χ4v) is 5.04. The zero-order chi connectivity index (χ0) is 24.4. The van der Waals surface area contributed by atoms with Crippen LogP contribution in [0.5, 0.6) is 17.2 Å². The van der Waals surface area contributed by atoms with E-state index in [1.807, 2.05) is 68.4 Å². The van der Waals surface area contributed by atoms with Crippen molar-refractivity contribution in [3.8, 4) is 17.2 Å². The summed E-state index contributed by atoms with van der Waals surface area (Å²) in [5.41, 5.74) is 3.41. The first-order valence-corrected chi connectivity index (χ1v) is 12.4. The number of hydrogen-bond acceptors (Lipinski definition) is 6. The van der Waals surface area contributed by atoms with Gasteiger partial charge < -0.3 is 14.2 Å². The van der Waals surface area contributed by atoms with Gasteiger partial charge in [-0.3, -0.25) is 4.79 Å². The summed E-state index contributed by atoms with van der Waals surface area (Å²) in [7, 11) is 0. The number of hydrogen-bond donors (Lipinski definition) is 0. The van der Waals surface area contributed by atoms with Gasteiger partial charge in [0.1, 0.15) is 19.0 Å². The van der Waals surface area contributed by atoms with E-state index in [9.17, 15) is 4.79 Å². The third-order valence-electron chi connectivity index (χ3n) is 5.39. The summed E-state index contributed by atoms with van der Waals surface area (Å²) >= 11 is 7.91. The summed E-state index contributed by atoms with van der Waals surface area (Å²) in [6.45, 7) is 5.03. The van der Waals surface area contributed by atoms with Crippen molar-refractivity contribution in [3.05, 3.63) is 91.7 Å². The second kappa shape index (κ2) is 9.98. The molecule has 5 rings (SSSR count). The van der Waals surface area contributed by atoms with E-state index in [0.29, 0.717) is 45.8 Å². The maximum absolute atomic E-state index is 13.1. The molecule has 0 saturated heterocycles. The van der Waals surface area contributed by atoms with Gasteiger partial charge in [-0.1, -0.05) is 52.8 Å². The molecule has 0 N–H and O–H groups in total. The Balaban J connectivity index is 1.39. The Morgan fingerprint density at radius 2 is 1.80 bits per heavy atom. The number of thiazole rings is 1. The Morgan fingerprint density at radius 1 is 1.03 bits per heavy atom. The molecule has 5 aromatic rings. The van der Waals surface area contributed by atoms with Crippen molar-refractivity contribution < 1.29 is 14.2 Å². The molecule has 8 heteroatoms. The van der Waals surface area contributed by atoms with Crippen LogP contribution in [-0.2, 0) is 0 Å². The predicted octanol–water partition coefficient (Wildman–Crippen LogP) is 5.28. The number of nitrogens with zero attached hydrogens (tertiary/aromatic N) is 2. The molecule has 0 bridgehead atoms. The van der Waals surface area contributed by atoms with Crippen LogP contribution >= 0.6 is 22.9 Å². The van der Waals surface area contributed by atoms with Crippen LogP contribution in [0.3, 0.4) is 0 Å². The van der Waals surface area contributed by atoms with Gasteiger partial charge in [0.25, 0.3) is 5.56 Å². The van der Waals surface area contributed by atoms with Gasteiger partial charge in [-0.25, -0.2) is 9.38 Å². The number of aryl methyl sites for hydroxylation is 1. The minimum atomic E-state index is -0.110. The summed E-state index contributed by atoms with van der Waals surface area (Å²) < 4.78 is 19.6. The topological polar surface area (TPSA) is 62.1 Å². The highest BCUT2D eigenvalue weighted by Gasteiger charge is 2.14. The molecular formula is C27H23ClN2O4S. The second-order valence-electron chi connectivity index (χ2n) is 7.91. The first-order valence-electron chi connectivity index (χ1n) is 11.2. The Hall–Kier alpha value is -3.55. The number of benzene rings is 3. The van der Waals surface area contributed by atoms with E-state index in [1.54, 1.807) is 16.5 Å². The average molecular weight is 507 g/mol. The number of rotatable bonds is 8. The molecular weight excluding hydrogens is 484 g/mol. The van der Waals surface area contributed by atoms with Crippen molar-refractivity contribution in [3.63, 3.8) is 0 Å². The molecule has 2 aromatic heterocycles. The molecule has 0 aliphatic carbocycles. The van der Waals surface area contributed by atoms with Gasteiger partial charge in [-0.05, 0) is 61.9 Å². The van der Waals surface area contributed by atoms with Gasteiger partial charge in [-0.2, -0.15) is 0 Å². The van der Waals surface area contributed by atoms with Crippen LogP contribution in [0.1, 0.15) is 18.1 Å². The highest BCUT2D eigenvalue weighted by Crippen LogP contribution is 2.37. The lowest BCUT2D eigenvalue weighted by Crippen LogP contribution is -2.22. The molecule has 0 aliphatic rings. The zero-order valence-electron chi connectivity index (χ0n) is 19.3. The van der Waals surface area contributed by atoms with Crippen LogP contribution in [0.25, 0.3) is 22.1 Å². The van der Waals surface area contributed by atoms with Crippen LogP contribution in [-0.4, -0.2) is 29.2 Å². The van der Waals surface area contributed by atoms with Crippen molar-refractivity contribution in [2.45, 2.75) is 13.8 Å². The molecule has 2 heterocycles. The Labute approximate surface area is 211 Å². The highest BCUT2D eigenvalue weighted by atomic mass is 35.5. The van der Waals surface area contributed by atoms with E-state index in [-0.39, 0.29) is 5.56 Å². The number of ether oxygens (including phenoxy) is 3. The molecule has 0 fully saturated rings. The van der Waals surface area contributed by atoms with Crippen LogP contribution in [0.15, 0.2) is 65.5 Å². The fourth-order valence-electron chi connectivity index (χ4n) is 3.78. The smallest absolute Gasteiger partial charge is 0.274 e. The molecule has 0 amide bonds. The number of para-hydroxylation sites is 2. The fraction of sp³-hybridized carbons (Fsp3) is 0.185. The SMILES string of the molecule is CCOc1cc(/C=c2\sc3nc4ccccc4n3c2=O)cc(Cl)c1OCCOc1ccc(C)cc1. The summed E-state index contributed by atoms with van der Waals surface area (Å²) in [5.74, 6) is 1.75. The molecule has 178 valence electrons. The molecule has 0 unspecified atom stereocenters. The van der Waals surface area contributed by atoms with Crippen LogP contribution < -0.4 is 24.3 Å². The van der Waals surface area contributed by atoms with E-state index in [4.69, 9.17) is 25.8 Å². The lowest BCUT2D eigenvalue weighted by Gasteiger charge is -2.15. The first-order chi connectivity index (χ1) is 17.0. The predicted molar refractivity (Wildman–Crippen MR) is 140 cm³/mol. The lowest BCUT2D eigenvalue weighted by molar-refractivity contribution is 0.208. The maximum atomic E-state index is 13.1. The summed E-state index contributed by atoms with van der Waals surface area (Å²) in [6.07, 6.45) is 1.80. The maximum Gasteiger partial charge on any atom is 0.274 e. The third kappa shape index (κ3) is 4.83. The number of fused-ring (bicyclic) bond motifs is 3. The number of halogens is 1. The number of imidazole rings is 1. The van der Waals surface area contributed by atoms with Crippen molar-refractivity contribution in [1.29, 1.82) is 0 Å². The van der Waals surface area contributed by atoms with Crippen molar-refractivity contribution in [1.82, 2.24) is 9.38 Å². The lowest BCUT2D eigenvalue weighted by atomic mass is 10.2. The van der Waals surface area contributed by atoms with Gasteiger partial charge in [0.05, 0.1) is 27.2 Å². The zero-order valence-corrected chi connectivity index (χ0v) is 20.9. The van der Waals surface area contributed by atoms with Gasteiger partial charge in [0.15, 0.2) is 16.5 Å². The van der Waals surface area contributed by atoms with Crippen LogP contribution in [0.2, 0.25) is 5.02 Å². The van der Waals surface area contributed by atoms with Gasteiger partial charge in [0, 0.05) is 0 Å². The van der Waals surface area contributed by atoms with Crippen LogP contribution in [0, 0.1) is 6.92 Å². The molecule has 0 spiro atoms. The average Bonchev–Trinajstić information content (AvgIpc) is 3.35. The minimum Gasteiger partial charge on any atom is -0.490 e. The van der Waals surface area contributed by atoms with Gasteiger partial charge in [0.2, 0.25) is 0 Å². The molecule has 6 nitrogen and oxygen atoms in total.